The van der Waals surface area contributed by atoms with Gasteiger partial charge < -0.3 is 15.8 Å². The first kappa shape index (κ1) is 17.0. The smallest absolute Gasteiger partial charge is 0.407 e. The lowest BCUT2D eigenvalue weighted by atomic mass is 10.0. The Morgan fingerprint density at radius 1 is 1.35 bits per heavy atom. The minimum Gasteiger partial charge on any atom is -0.444 e. The minimum absolute atomic E-state index is 0.209. The fourth-order valence-corrected chi connectivity index (χ4v) is 2.20. The number of nitrogens with two attached hydrogens (primary N) is 1. The molecule has 0 fully saturated rings. The maximum atomic E-state index is 11.7. The number of rotatable bonds is 5. The number of nitrogens with one attached hydrogen (secondary N) is 1. The summed E-state index contributed by atoms with van der Waals surface area (Å²) in [5.74, 6) is 0. The van der Waals surface area contributed by atoms with Crippen molar-refractivity contribution in [3.63, 3.8) is 0 Å². The van der Waals surface area contributed by atoms with E-state index in [-0.39, 0.29) is 6.04 Å². The monoisotopic (exact) mass is 316 g/mol. The molecule has 0 bridgehead atoms. The van der Waals surface area contributed by atoms with Crippen LogP contribution in [-0.4, -0.2) is 34.1 Å². The van der Waals surface area contributed by atoms with E-state index in [0.717, 1.165) is 11.3 Å². The molecule has 6 heteroatoms. The van der Waals surface area contributed by atoms with Crippen LogP contribution in [0.25, 0.3) is 5.69 Å². The van der Waals surface area contributed by atoms with E-state index in [9.17, 15) is 4.79 Å². The Balaban J connectivity index is 1.94. The zero-order valence-corrected chi connectivity index (χ0v) is 13.8. The van der Waals surface area contributed by atoms with Crippen LogP contribution in [0.3, 0.4) is 0 Å². The van der Waals surface area contributed by atoms with Gasteiger partial charge in [0.05, 0.1) is 5.69 Å². The average Bonchev–Trinajstić information content (AvgIpc) is 2.98. The van der Waals surface area contributed by atoms with Crippen LogP contribution in [0, 0.1) is 0 Å². The summed E-state index contributed by atoms with van der Waals surface area (Å²) in [4.78, 5) is 11.7. The van der Waals surface area contributed by atoms with Gasteiger partial charge in [0.25, 0.3) is 0 Å². The summed E-state index contributed by atoms with van der Waals surface area (Å²) in [5.41, 5.74) is 7.70. The summed E-state index contributed by atoms with van der Waals surface area (Å²) in [6, 6.07) is 9.61. The van der Waals surface area contributed by atoms with Crippen LogP contribution in [-0.2, 0) is 11.2 Å². The highest BCUT2D eigenvalue weighted by molar-refractivity contribution is 5.67. The molecule has 0 aliphatic rings. The van der Waals surface area contributed by atoms with Crippen LogP contribution in [0.2, 0.25) is 0 Å². The van der Waals surface area contributed by atoms with Gasteiger partial charge in [-0.15, -0.1) is 0 Å². The van der Waals surface area contributed by atoms with E-state index < -0.39 is 11.7 Å². The standard InChI is InChI=1S/C17H24N4O2/c1-17(2,3)23-16(22)19-12-14(18)11-13-7-4-5-8-15(13)21-10-6-9-20-21/h4-10,14H,11-12,18H2,1-3H3,(H,19,22). The molecule has 1 aromatic carbocycles. The summed E-state index contributed by atoms with van der Waals surface area (Å²) in [6.45, 7) is 5.83. The molecule has 0 aliphatic carbocycles. The van der Waals surface area contributed by atoms with Gasteiger partial charge in [-0.3, -0.25) is 0 Å². The third-order valence-corrected chi connectivity index (χ3v) is 3.13. The van der Waals surface area contributed by atoms with Crippen molar-refractivity contribution in [3.05, 3.63) is 48.3 Å². The highest BCUT2D eigenvalue weighted by Gasteiger charge is 2.17. The SMILES string of the molecule is CC(C)(C)OC(=O)NCC(N)Cc1ccccc1-n1cccn1. The maximum Gasteiger partial charge on any atom is 0.407 e. The Hall–Kier alpha value is -2.34. The molecule has 1 heterocycles. The fraction of sp³-hybridized carbons (Fsp3) is 0.412. The highest BCUT2D eigenvalue weighted by atomic mass is 16.6. The van der Waals surface area contributed by atoms with Crippen LogP contribution in [0.1, 0.15) is 26.3 Å². The van der Waals surface area contributed by atoms with Gasteiger partial charge in [0.15, 0.2) is 0 Å². The van der Waals surface area contributed by atoms with Gasteiger partial charge in [0, 0.05) is 25.0 Å². The molecule has 2 aromatic rings. The topological polar surface area (TPSA) is 82.2 Å². The Labute approximate surface area is 136 Å². The van der Waals surface area contributed by atoms with E-state index in [1.54, 1.807) is 6.20 Å². The van der Waals surface area contributed by atoms with E-state index in [0.29, 0.717) is 13.0 Å². The molecule has 2 rings (SSSR count). The van der Waals surface area contributed by atoms with Gasteiger partial charge in [-0.05, 0) is 44.9 Å². The first-order valence-corrected chi connectivity index (χ1v) is 7.65. The number of hydrogen-bond donors (Lipinski definition) is 2. The Bertz CT molecular complexity index is 632. The van der Waals surface area contributed by atoms with Crippen molar-refractivity contribution in [2.75, 3.05) is 6.54 Å². The number of carbonyl (C=O) groups excluding carboxylic acids is 1. The van der Waals surface area contributed by atoms with Crippen LogP contribution in [0.5, 0.6) is 0 Å². The van der Waals surface area contributed by atoms with E-state index in [4.69, 9.17) is 10.5 Å². The summed E-state index contributed by atoms with van der Waals surface area (Å²) < 4.78 is 7.01. The van der Waals surface area contributed by atoms with E-state index in [1.165, 1.54) is 0 Å². The third kappa shape index (κ3) is 5.41. The molecular formula is C17H24N4O2. The number of nitrogens with zero attached hydrogens (tertiary/aromatic N) is 2. The first-order chi connectivity index (χ1) is 10.8. The highest BCUT2D eigenvalue weighted by Crippen LogP contribution is 2.15. The Morgan fingerprint density at radius 3 is 2.74 bits per heavy atom. The molecule has 1 aromatic heterocycles. The maximum absolute atomic E-state index is 11.7. The lowest BCUT2D eigenvalue weighted by Crippen LogP contribution is -2.41. The van der Waals surface area contributed by atoms with E-state index in [1.807, 2.05) is 62.0 Å². The quantitative estimate of drug-likeness (QED) is 0.886. The minimum atomic E-state index is -0.513. The van der Waals surface area contributed by atoms with Gasteiger partial charge in [0.2, 0.25) is 0 Å². The second kappa shape index (κ2) is 7.28. The van der Waals surface area contributed by atoms with Gasteiger partial charge in [-0.1, -0.05) is 18.2 Å². The molecular weight excluding hydrogens is 292 g/mol. The molecule has 0 spiro atoms. The molecule has 0 saturated carbocycles. The van der Waals surface area contributed by atoms with Crippen molar-refractivity contribution in [3.8, 4) is 5.69 Å². The van der Waals surface area contributed by atoms with Crippen LogP contribution >= 0.6 is 0 Å². The van der Waals surface area contributed by atoms with Crippen molar-refractivity contribution in [1.82, 2.24) is 15.1 Å². The molecule has 0 radical (unpaired) electrons. The number of amides is 1. The predicted molar refractivity (Wildman–Crippen MR) is 89.5 cm³/mol. The third-order valence-electron chi connectivity index (χ3n) is 3.13. The number of para-hydroxylation sites is 1. The normalized spacial score (nSPS) is 12.7. The fourth-order valence-electron chi connectivity index (χ4n) is 2.20. The second-order valence-corrected chi connectivity index (χ2v) is 6.43. The number of aromatic nitrogens is 2. The van der Waals surface area contributed by atoms with Crippen molar-refractivity contribution < 1.29 is 9.53 Å². The Kier molecular flexibility index (Phi) is 5.39. The zero-order chi connectivity index (χ0) is 16.9. The van der Waals surface area contributed by atoms with E-state index >= 15 is 0 Å². The second-order valence-electron chi connectivity index (χ2n) is 6.43. The van der Waals surface area contributed by atoms with Crippen molar-refractivity contribution >= 4 is 6.09 Å². The summed E-state index contributed by atoms with van der Waals surface area (Å²) >= 11 is 0. The molecule has 3 N–H and O–H groups in total. The molecule has 23 heavy (non-hydrogen) atoms. The lowest BCUT2D eigenvalue weighted by Gasteiger charge is -2.21. The van der Waals surface area contributed by atoms with Gasteiger partial charge in [-0.2, -0.15) is 5.10 Å². The predicted octanol–water partition coefficient (Wildman–Crippen LogP) is 2.27. The largest absolute Gasteiger partial charge is 0.444 e. The molecule has 6 nitrogen and oxygen atoms in total. The molecule has 1 atom stereocenters. The van der Waals surface area contributed by atoms with Gasteiger partial charge in [-0.25, -0.2) is 9.48 Å². The molecule has 1 unspecified atom stereocenters. The van der Waals surface area contributed by atoms with Gasteiger partial charge >= 0.3 is 6.09 Å². The summed E-state index contributed by atoms with van der Waals surface area (Å²) in [5, 5.41) is 6.96. The number of alkyl carbamates (subject to hydrolysis) is 1. The van der Waals surface area contributed by atoms with Gasteiger partial charge in [0.1, 0.15) is 5.60 Å². The number of carbonyl (C=O) groups is 1. The zero-order valence-electron chi connectivity index (χ0n) is 13.8. The summed E-state index contributed by atoms with van der Waals surface area (Å²) in [7, 11) is 0. The number of hydrogen-bond acceptors (Lipinski definition) is 4. The molecule has 1 amide bonds. The number of benzene rings is 1. The molecule has 124 valence electrons. The van der Waals surface area contributed by atoms with E-state index in [2.05, 4.69) is 10.4 Å². The molecule has 0 saturated heterocycles. The van der Waals surface area contributed by atoms with Crippen molar-refractivity contribution in [2.45, 2.75) is 38.8 Å². The van der Waals surface area contributed by atoms with Crippen LogP contribution < -0.4 is 11.1 Å². The van der Waals surface area contributed by atoms with Crippen LogP contribution in [0.15, 0.2) is 42.7 Å². The van der Waals surface area contributed by atoms with Crippen molar-refractivity contribution in [2.24, 2.45) is 5.73 Å². The number of ether oxygens (including phenoxy) is 1. The van der Waals surface area contributed by atoms with Crippen molar-refractivity contribution in [1.29, 1.82) is 0 Å². The summed E-state index contributed by atoms with van der Waals surface area (Å²) in [6.07, 6.45) is 3.81. The average molecular weight is 316 g/mol. The Morgan fingerprint density at radius 2 is 2.09 bits per heavy atom. The first-order valence-electron chi connectivity index (χ1n) is 7.65. The lowest BCUT2D eigenvalue weighted by molar-refractivity contribution is 0.0524. The molecule has 0 aliphatic heterocycles. The van der Waals surface area contributed by atoms with Crippen LogP contribution in [0.4, 0.5) is 4.79 Å².